The van der Waals surface area contributed by atoms with Gasteiger partial charge in [0.25, 0.3) is 0 Å². The molecule has 2 fully saturated rings. The van der Waals surface area contributed by atoms with E-state index < -0.39 is 0 Å². The van der Waals surface area contributed by atoms with Crippen molar-refractivity contribution in [2.75, 3.05) is 26.2 Å². The standard InChI is InChI=1S/C11H19N2O/c14-11(13-6-1-2-7-13)8-10-4-3-5-12-9-10/h1,10,12H,2-9H2/t10-/m1/s1. The van der Waals surface area contributed by atoms with E-state index in [1.165, 1.54) is 12.8 Å². The number of hydrogen-bond donors (Lipinski definition) is 1. The molecule has 14 heavy (non-hydrogen) atoms. The number of rotatable bonds is 2. The molecule has 2 saturated heterocycles. The van der Waals surface area contributed by atoms with E-state index in [0.29, 0.717) is 11.8 Å². The number of nitrogens with one attached hydrogen (secondary N) is 1. The van der Waals surface area contributed by atoms with E-state index in [2.05, 4.69) is 11.7 Å². The zero-order chi connectivity index (χ0) is 9.80. The van der Waals surface area contributed by atoms with Crippen molar-refractivity contribution in [1.82, 2.24) is 10.2 Å². The summed E-state index contributed by atoms with van der Waals surface area (Å²) in [6, 6.07) is 0. The van der Waals surface area contributed by atoms with Crippen LogP contribution in [0.1, 0.15) is 25.7 Å². The first kappa shape index (κ1) is 9.97. The topological polar surface area (TPSA) is 32.3 Å². The van der Waals surface area contributed by atoms with Crippen LogP contribution >= 0.6 is 0 Å². The molecular weight excluding hydrogens is 176 g/mol. The van der Waals surface area contributed by atoms with E-state index in [-0.39, 0.29) is 0 Å². The van der Waals surface area contributed by atoms with Crippen LogP contribution in [-0.2, 0) is 4.79 Å². The lowest BCUT2D eigenvalue weighted by molar-refractivity contribution is -0.131. The Morgan fingerprint density at radius 1 is 1.57 bits per heavy atom. The molecule has 0 aliphatic carbocycles. The van der Waals surface area contributed by atoms with Crippen molar-refractivity contribution in [2.24, 2.45) is 5.92 Å². The van der Waals surface area contributed by atoms with Gasteiger partial charge in [0.15, 0.2) is 0 Å². The SMILES string of the molecule is O=C(C[C@H]1CCCNC1)N1C[CH]CC1. The summed E-state index contributed by atoms with van der Waals surface area (Å²) in [5, 5.41) is 3.35. The minimum Gasteiger partial charge on any atom is -0.342 e. The average Bonchev–Trinajstić information content (AvgIpc) is 2.72. The van der Waals surface area contributed by atoms with Gasteiger partial charge in [-0.05, 0) is 44.7 Å². The summed E-state index contributed by atoms with van der Waals surface area (Å²) in [6.45, 7) is 3.98. The van der Waals surface area contributed by atoms with Crippen LogP contribution in [0, 0.1) is 12.3 Å². The second kappa shape index (κ2) is 4.78. The van der Waals surface area contributed by atoms with Crippen LogP contribution in [0.4, 0.5) is 0 Å². The predicted molar refractivity (Wildman–Crippen MR) is 55.7 cm³/mol. The molecule has 1 atom stereocenters. The molecule has 79 valence electrons. The largest absolute Gasteiger partial charge is 0.342 e. The van der Waals surface area contributed by atoms with Crippen LogP contribution in [-0.4, -0.2) is 37.0 Å². The lowest BCUT2D eigenvalue weighted by Crippen LogP contribution is -2.35. The fourth-order valence-corrected chi connectivity index (χ4v) is 2.29. The van der Waals surface area contributed by atoms with Gasteiger partial charge in [0.05, 0.1) is 0 Å². The van der Waals surface area contributed by atoms with Gasteiger partial charge in [0.1, 0.15) is 0 Å². The third-order valence-corrected chi connectivity index (χ3v) is 3.17. The summed E-state index contributed by atoms with van der Waals surface area (Å²) < 4.78 is 0. The lowest BCUT2D eigenvalue weighted by Gasteiger charge is -2.24. The van der Waals surface area contributed by atoms with Crippen molar-refractivity contribution < 1.29 is 4.79 Å². The summed E-state index contributed by atoms with van der Waals surface area (Å²) in [7, 11) is 0. The molecular formula is C11H19N2O. The zero-order valence-electron chi connectivity index (χ0n) is 8.67. The van der Waals surface area contributed by atoms with Gasteiger partial charge < -0.3 is 10.2 Å². The summed E-state index contributed by atoms with van der Waals surface area (Å²) in [5.74, 6) is 0.935. The van der Waals surface area contributed by atoms with Gasteiger partial charge in [0.2, 0.25) is 5.91 Å². The number of likely N-dealkylation sites (tertiary alicyclic amines) is 1. The van der Waals surface area contributed by atoms with E-state index in [9.17, 15) is 4.79 Å². The van der Waals surface area contributed by atoms with E-state index in [1.807, 2.05) is 4.90 Å². The minimum absolute atomic E-state index is 0.354. The molecule has 1 N–H and O–H groups in total. The number of carbonyl (C=O) groups excluding carboxylic acids is 1. The number of piperidine rings is 1. The molecule has 2 aliphatic rings. The maximum atomic E-state index is 11.8. The highest BCUT2D eigenvalue weighted by Crippen LogP contribution is 2.17. The zero-order valence-corrected chi connectivity index (χ0v) is 8.67. The van der Waals surface area contributed by atoms with Crippen LogP contribution in [0.15, 0.2) is 0 Å². The smallest absolute Gasteiger partial charge is 0.222 e. The summed E-state index contributed by atoms with van der Waals surface area (Å²) in [4.78, 5) is 13.8. The molecule has 1 radical (unpaired) electrons. The highest BCUT2D eigenvalue weighted by atomic mass is 16.2. The van der Waals surface area contributed by atoms with Gasteiger partial charge in [-0.25, -0.2) is 0 Å². The second-order valence-electron chi connectivity index (χ2n) is 4.33. The molecule has 0 unspecified atom stereocenters. The molecule has 0 aromatic carbocycles. The molecule has 0 aromatic heterocycles. The fraction of sp³-hybridized carbons (Fsp3) is 0.818. The molecule has 3 heteroatoms. The third kappa shape index (κ3) is 2.47. The maximum Gasteiger partial charge on any atom is 0.222 e. The molecule has 1 amide bonds. The van der Waals surface area contributed by atoms with Crippen LogP contribution in [0.2, 0.25) is 0 Å². The fourth-order valence-electron chi connectivity index (χ4n) is 2.29. The van der Waals surface area contributed by atoms with E-state index in [1.54, 1.807) is 0 Å². The van der Waals surface area contributed by atoms with Gasteiger partial charge in [-0.3, -0.25) is 4.79 Å². The molecule has 2 aliphatic heterocycles. The minimum atomic E-state index is 0.354. The van der Waals surface area contributed by atoms with E-state index >= 15 is 0 Å². The van der Waals surface area contributed by atoms with Crippen molar-refractivity contribution in [3.8, 4) is 0 Å². The van der Waals surface area contributed by atoms with Crippen LogP contribution in [0.25, 0.3) is 0 Å². The first-order valence-electron chi connectivity index (χ1n) is 5.66. The van der Waals surface area contributed by atoms with Gasteiger partial charge in [-0.15, -0.1) is 0 Å². The highest BCUT2D eigenvalue weighted by Gasteiger charge is 2.22. The summed E-state index contributed by atoms with van der Waals surface area (Å²) >= 11 is 0. The highest BCUT2D eigenvalue weighted by molar-refractivity contribution is 5.76. The molecule has 3 nitrogen and oxygen atoms in total. The Morgan fingerprint density at radius 3 is 3.14 bits per heavy atom. The number of nitrogens with zero attached hydrogens (tertiary/aromatic N) is 1. The summed E-state index contributed by atoms with van der Waals surface area (Å²) in [6.07, 6.45) is 6.47. The number of hydrogen-bond acceptors (Lipinski definition) is 2. The Kier molecular flexibility index (Phi) is 3.40. The second-order valence-corrected chi connectivity index (χ2v) is 4.33. The Morgan fingerprint density at radius 2 is 2.50 bits per heavy atom. The predicted octanol–water partition coefficient (Wildman–Crippen LogP) is 0.813. The molecule has 0 bridgehead atoms. The van der Waals surface area contributed by atoms with Crippen LogP contribution in [0.5, 0.6) is 0 Å². The first-order valence-corrected chi connectivity index (χ1v) is 5.66. The molecule has 0 aromatic rings. The monoisotopic (exact) mass is 195 g/mol. The van der Waals surface area contributed by atoms with Crippen LogP contribution < -0.4 is 5.32 Å². The molecule has 2 rings (SSSR count). The average molecular weight is 195 g/mol. The maximum absolute atomic E-state index is 11.8. The number of carbonyl (C=O) groups is 1. The van der Waals surface area contributed by atoms with Gasteiger partial charge in [0, 0.05) is 19.5 Å². The van der Waals surface area contributed by atoms with E-state index in [4.69, 9.17) is 0 Å². The number of amides is 1. The van der Waals surface area contributed by atoms with Gasteiger partial charge in [-0.1, -0.05) is 0 Å². The van der Waals surface area contributed by atoms with Gasteiger partial charge in [-0.2, -0.15) is 0 Å². The summed E-state index contributed by atoms with van der Waals surface area (Å²) in [5.41, 5.74) is 0. The van der Waals surface area contributed by atoms with Crippen molar-refractivity contribution >= 4 is 5.91 Å². The Balaban J connectivity index is 1.75. The van der Waals surface area contributed by atoms with Crippen molar-refractivity contribution in [1.29, 1.82) is 0 Å². The Hall–Kier alpha value is -0.570. The van der Waals surface area contributed by atoms with Gasteiger partial charge >= 0.3 is 0 Å². The third-order valence-electron chi connectivity index (χ3n) is 3.17. The van der Waals surface area contributed by atoms with Crippen molar-refractivity contribution in [3.05, 3.63) is 6.42 Å². The molecule has 0 spiro atoms. The van der Waals surface area contributed by atoms with Crippen molar-refractivity contribution in [2.45, 2.75) is 25.7 Å². The Labute approximate surface area is 85.8 Å². The van der Waals surface area contributed by atoms with Crippen molar-refractivity contribution in [3.63, 3.8) is 0 Å². The normalized spacial score (nSPS) is 28.0. The quantitative estimate of drug-likeness (QED) is 0.707. The lowest BCUT2D eigenvalue weighted by atomic mass is 9.96. The molecule has 0 saturated carbocycles. The Bertz CT molecular complexity index is 193. The first-order chi connectivity index (χ1) is 6.86. The molecule has 2 heterocycles. The van der Waals surface area contributed by atoms with E-state index in [0.717, 1.165) is 39.0 Å². The van der Waals surface area contributed by atoms with Crippen LogP contribution in [0.3, 0.4) is 0 Å².